The molecular weight excluding hydrogens is 251 g/mol. The molecule has 0 spiro atoms. The van der Waals surface area contributed by atoms with Crippen LogP contribution < -0.4 is 0 Å². The molecule has 0 aliphatic carbocycles. The molecule has 5 heteroatoms. The maximum atomic E-state index is 11.1. The highest BCUT2D eigenvalue weighted by molar-refractivity contribution is 6.42. The minimum Gasteiger partial charge on any atom is -0.393 e. The number of rotatable bonds is 1. The Labute approximate surface area is 102 Å². The van der Waals surface area contributed by atoms with Gasteiger partial charge >= 0.3 is 11.9 Å². The highest BCUT2D eigenvalue weighted by atomic mass is 35.5. The van der Waals surface area contributed by atoms with Gasteiger partial charge < -0.3 is 4.74 Å². The summed E-state index contributed by atoms with van der Waals surface area (Å²) in [5.74, 6) is -1.15. The summed E-state index contributed by atoms with van der Waals surface area (Å²) in [6.07, 6.45) is 0.396. The van der Waals surface area contributed by atoms with E-state index in [1.807, 2.05) is 0 Å². The Morgan fingerprint density at radius 2 is 1.69 bits per heavy atom. The second-order valence-corrected chi connectivity index (χ2v) is 4.44. The first-order valence-corrected chi connectivity index (χ1v) is 5.50. The van der Waals surface area contributed by atoms with Crippen molar-refractivity contribution in [1.29, 1.82) is 0 Å². The van der Waals surface area contributed by atoms with Gasteiger partial charge in [-0.3, -0.25) is 9.59 Å². The van der Waals surface area contributed by atoms with E-state index in [4.69, 9.17) is 23.2 Å². The molecule has 0 bridgehead atoms. The molecule has 0 radical (unpaired) electrons. The molecule has 1 aromatic rings. The van der Waals surface area contributed by atoms with Crippen molar-refractivity contribution in [3.63, 3.8) is 0 Å². The summed E-state index contributed by atoms with van der Waals surface area (Å²) in [7, 11) is 0. The molecule has 0 aromatic heterocycles. The summed E-state index contributed by atoms with van der Waals surface area (Å²) >= 11 is 11.7. The van der Waals surface area contributed by atoms with Gasteiger partial charge in [-0.15, -0.1) is 0 Å². The number of cyclic esters (lactones) is 2. The maximum Gasteiger partial charge on any atom is 0.314 e. The lowest BCUT2D eigenvalue weighted by atomic mass is 9.91. The van der Waals surface area contributed by atoms with Crippen molar-refractivity contribution >= 4 is 35.1 Å². The van der Waals surface area contributed by atoms with E-state index in [1.54, 1.807) is 18.2 Å². The van der Waals surface area contributed by atoms with Crippen LogP contribution in [0.5, 0.6) is 0 Å². The predicted molar refractivity (Wildman–Crippen MR) is 59.5 cm³/mol. The molecule has 84 valence electrons. The van der Waals surface area contributed by atoms with Gasteiger partial charge in [-0.25, -0.2) is 0 Å². The fraction of sp³-hybridized carbons (Fsp3) is 0.273. The summed E-state index contributed by atoms with van der Waals surface area (Å²) in [5.41, 5.74) is 0.833. The lowest BCUT2D eigenvalue weighted by Crippen LogP contribution is -2.24. The van der Waals surface area contributed by atoms with Crippen LogP contribution in [0.1, 0.15) is 24.3 Å². The number of halogens is 2. The normalized spacial score (nSPS) is 17.4. The van der Waals surface area contributed by atoms with Crippen molar-refractivity contribution in [2.45, 2.75) is 18.8 Å². The molecule has 2 rings (SSSR count). The molecule has 0 saturated carbocycles. The molecule has 0 unspecified atom stereocenters. The first-order valence-electron chi connectivity index (χ1n) is 4.74. The van der Waals surface area contributed by atoms with Crippen LogP contribution in [0.25, 0.3) is 0 Å². The van der Waals surface area contributed by atoms with Crippen LogP contribution in [0.2, 0.25) is 10.0 Å². The van der Waals surface area contributed by atoms with E-state index in [0.717, 1.165) is 5.56 Å². The smallest absolute Gasteiger partial charge is 0.314 e. The van der Waals surface area contributed by atoms with Crippen molar-refractivity contribution in [3.05, 3.63) is 33.8 Å². The fourth-order valence-corrected chi connectivity index (χ4v) is 1.99. The van der Waals surface area contributed by atoms with Gasteiger partial charge in [-0.2, -0.15) is 0 Å². The van der Waals surface area contributed by atoms with E-state index < -0.39 is 11.9 Å². The van der Waals surface area contributed by atoms with Crippen molar-refractivity contribution in [3.8, 4) is 0 Å². The third-order valence-corrected chi connectivity index (χ3v) is 3.21. The molecule has 0 amide bonds. The lowest BCUT2D eigenvalue weighted by Gasteiger charge is -2.20. The standard InChI is InChI=1S/C11H8Cl2O3/c12-8-2-1-6(3-9(8)13)7-4-10(14)16-11(15)5-7/h1-3,7H,4-5H2. The summed E-state index contributed by atoms with van der Waals surface area (Å²) in [6, 6.07) is 5.11. The Kier molecular flexibility index (Phi) is 3.17. The number of hydrogen-bond acceptors (Lipinski definition) is 3. The highest BCUT2D eigenvalue weighted by Gasteiger charge is 2.28. The molecule has 1 saturated heterocycles. The first kappa shape index (κ1) is 11.4. The first-order chi connectivity index (χ1) is 7.56. The SMILES string of the molecule is O=C1CC(c2ccc(Cl)c(Cl)c2)CC(=O)O1. The monoisotopic (exact) mass is 258 g/mol. The number of hydrogen-bond donors (Lipinski definition) is 0. The zero-order chi connectivity index (χ0) is 11.7. The van der Waals surface area contributed by atoms with Gasteiger partial charge in [-0.1, -0.05) is 29.3 Å². The molecule has 1 aliphatic heterocycles. The van der Waals surface area contributed by atoms with Crippen LogP contribution in [0.3, 0.4) is 0 Å². The van der Waals surface area contributed by atoms with Crippen LogP contribution in [0.15, 0.2) is 18.2 Å². The Morgan fingerprint density at radius 3 is 2.25 bits per heavy atom. The minimum absolute atomic E-state index is 0.163. The van der Waals surface area contributed by atoms with Crippen LogP contribution in [-0.2, 0) is 14.3 Å². The van der Waals surface area contributed by atoms with E-state index >= 15 is 0 Å². The van der Waals surface area contributed by atoms with E-state index in [1.165, 1.54) is 0 Å². The molecular formula is C11H8Cl2O3. The zero-order valence-corrected chi connectivity index (χ0v) is 9.72. The van der Waals surface area contributed by atoms with Crippen LogP contribution in [0, 0.1) is 0 Å². The fourth-order valence-electron chi connectivity index (χ4n) is 1.69. The van der Waals surface area contributed by atoms with Gasteiger partial charge in [-0.05, 0) is 17.7 Å². The third kappa shape index (κ3) is 2.36. The predicted octanol–water partition coefficient (Wildman–Crippen LogP) is 2.94. The van der Waals surface area contributed by atoms with Gasteiger partial charge in [0.2, 0.25) is 0 Å². The minimum atomic E-state index is -0.493. The van der Waals surface area contributed by atoms with E-state index in [9.17, 15) is 9.59 Å². The van der Waals surface area contributed by atoms with E-state index in [2.05, 4.69) is 4.74 Å². The number of esters is 2. The average Bonchev–Trinajstić information content (AvgIpc) is 2.20. The number of carbonyl (C=O) groups is 2. The molecule has 1 fully saturated rings. The largest absolute Gasteiger partial charge is 0.393 e. The van der Waals surface area contributed by atoms with E-state index in [-0.39, 0.29) is 18.8 Å². The summed E-state index contributed by atoms with van der Waals surface area (Å²) < 4.78 is 4.45. The third-order valence-electron chi connectivity index (χ3n) is 2.47. The summed E-state index contributed by atoms with van der Waals surface area (Å²) in [5, 5.41) is 0.876. The Bertz CT molecular complexity index is 441. The quantitative estimate of drug-likeness (QED) is 0.575. The molecule has 1 aromatic carbocycles. The van der Waals surface area contributed by atoms with Gasteiger partial charge in [0.1, 0.15) is 0 Å². The zero-order valence-electron chi connectivity index (χ0n) is 8.20. The highest BCUT2D eigenvalue weighted by Crippen LogP contribution is 2.32. The summed E-state index contributed by atoms with van der Waals surface area (Å²) in [6.45, 7) is 0. The molecule has 0 atom stereocenters. The molecule has 0 N–H and O–H groups in total. The number of carbonyl (C=O) groups excluding carboxylic acids is 2. The van der Waals surface area contributed by atoms with Gasteiger partial charge in [0.05, 0.1) is 22.9 Å². The van der Waals surface area contributed by atoms with Crippen molar-refractivity contribution in [2.24, 2.45) is 0 Å². The maximum absolute atomic E-state index is 11.1. The second kappa shape index (κ2) is 4.44. The molecule has 1 heterocycles. The average molecular weight is 259 g/mol. The topological polar surface area (TPSA) is 43.4 Å². The van der Waals surface area contributed by atoms with Crippen molar-refractivity contribution in [2.75, 3.05) is 0 Å². The Hall–Kier alpha value is -1.06. The van der Waals surface area contributed by atoms with Crippen LogP contribution in [-0.4, -0.2) is 11.9 Å². The Balaban J connectivity index is 2.26. The van der Waals surface area contributed by atoms with Gasteiger partial charge in [0.15, 0.2) is 0 Å². The number of ether oxygens (including phenoxy) is 1. The van der Waals surface area contributed by atoms with Crippen molar-refractivity contribution < 1.29 is 14.3 Å². The van der Waals surface area contributed by atoms with Crippen LogP contribution in [0.4, 0.5) is 0 Å². The molecule has 1 aliphatic rings. The molecule has 3 nitrogen and oxygen atoms in total. The summed E-state index contributed by atoms with van der Waals surface area (Å²) in [4.78, 5) is 22.2. The lowest BCUT2D eigenvalue weighted by molar-refractivity contribution is -0.163. The van der Waals surface area contributed by atoms with Gasteiger partial charge in [0.25, 0.3) is 0 Å². The van der Waals surface area contributed by atoms with Gasteiger partial charge in [0, 0.05) is 5.92 Å². The van der Waals surface area contributed by atoms with Crippen molar-refractivity contribution in [1.82, 2.24) is 0 Å². The number of benzene rings is 1. The van der Waals surface area contributed by atoms with E-state index in [0.29, 0.717) is 10.0 Å². The van der Waals surface area contributed by atoms with Crippen LogP contribution >= 0.6 is 23.2 Å². The second-order valence-electron chi connectivity index (χ2n) is 3.62. The Morgan fingerprint density at radius 1 is 1.06 bits per heavy atom. The molecule has 16 heavy (non-hydrogen) atoms.